The number of esters is 1. The van der Waals surface area contributed by atoms with Crippen molar-refractivity contribution < 1.29 is 18.7 Å². The molecule has 8 heteroatoms. The van der Waals surface area contributed by atoms with E-state index in [2.05, 4.69) is 26.3 Å². The Hall–Kier alpha value is -2.22. The number of aromatic nitrogens is 2. The molecule has 22 heavy (non-hydrogen) atoms. The van der Waals surface area contributed by atoms with E-state index in [9.17, 15) is 14.0 Å². The average molecular weight is 370 g/mol. The van der Waals surface area contributed by atoms with Crippen LogP contribution in [0, 0.1) is 5.82 Å². The summed E-state index contributed by atoms with van der Waals surface area (Å²) in [5.41, 5.74) is 0.153. The molecule has 0 aliphatic carbocycles. The van der Waals surface area contributed by atoms with E-state index in [0.29, 0.717) is 4.47 Å². The fourth-order valence-electron chi connectivity index (χ4n) is 1.73. The zero-order valence-corrected chi connectivity index (χ0v) is 13.4. The molecule has 0 saturated carbocycles. The van der Waals surface area contributed by atoms with Crippen molar-refractivity contribution in [2.24, 2.45) is 0 Å². The van der Waals surface area contributed by atoms with Gasteiger partial charge in [0.05, 0.1) is 4.47 Å². The van der Waals surface area contributed by atoms with Crippen LogP contribution in [-0.4, -0.2) is 34.8 Å². The van der Waals surface area contributed by atoms with Crippen LogP contribution in [0.3, 0.4) is 0 Å². The Kier molecular flexibility index (Phi) is 4.92. The van der Waals surface area contributed by atoms with Gasteiger partial charge in [-0.25, -0.2) is 13.9 Å². The van der Waals surface area contributed by atoms with Gasteiger partial charge in [0.2, 0.25) is 0 Å². The second-order valence-electron chi connectivity index (χ2n) is 4.38. The maximum absolute atomic E-state index is 13.7. The van der Waals surface area contributed by atoms with Crippen LogP contribution < -0.4 is 5.32 Å². The van der Waals surface area contributed by atoms with Crippen LogP contribution >= 0.6 is 15.9 Å². The molecule has 116 valence electrons. The minimum atomic E-state index is -0.956. The predicted octanol–water partition coefficient (Wildman–Crippen LogP) is 2.07. The highest BCUT2D eigenvalue weighted by atomic mass is 79.9. The molecule has 1 heterocycles. The third kappa shape index (κ3) is 3.33. The van der Waals surface area contributed by atoms with E-state index >= 15 is 0 Å². The maximum Gasteiger partial charge on any atom is 0.360 e. The molecule has 1 unspecified atom stereocenters. The Labute approximate surface area is 134 Å². The van der Waals surface area contributed by atoms with Crippen molar-refractivity contribution in [3.63, 3.8) is 0 Å². The van der Waals surface area contributed by atoms with Crippen LogP contribution in [0.25, 0.3) is 5.69 Å². The number of likely N-dealkylation sites (N-methyl/N-ethyl adjacent to an activating group) is 1. The van der Waals surface area contributed by atoms with Crippen LogP contribution in [-0.2, 0) is 9.53 Å². The zero-order chi connectivity index (χ0) is 16.3. The fraction of sp³-hybridized carbons (Fsp3) is 0.214. The van der Waals surface area contributed by atoms with Crippen LogP contribution in [0.5, 0.6) is 0 Å². The topological polar surface area (TPSA) is 73.2 Å². The molecule has 1 amide bonds. The number of halogens is 2. The van der Waals surface area contributed by atoms with Gasteiger partial charge < -0.3 is 10.1 Å². The van der Waals surface area contributed by atoms with E-state index in [4.69, 9.17) is 4.74 Å². The number of amides is 1. The molecular weight excluding hydrogens is 357 g/mol. The Bertz CT molecular complexity index is 717. The standard InChI is InChI=1S/C14H13BrFN3O3/c1-8(13(20)17-2)22-14(21)12-9(15)7-19(18-12)11-6-4-3-5-10(11)16/h3-8H,1-2H3,(H,17,20). The van der Waals surface area contributed by atoms with Gasteiger partial charge in [-0.1, -0.05) is 12.1 Å². The molecule has 1 atom stereocenters. The van der Waals surface area contributed by atoms with Gasteiger partial charge in [-0.3, -0.25) is 4.79 Å². The summed E-state index contributed by atoms with van der Waals surface area (Å²) in [5.74, 6) is -1.69. The quantitative estimate of drug-likeness (QED) is 0.837. The first-order valence-electron chi connectivity index (χ1n) is 6.36. The molecule has 2 rings (SSSR count). The summed E-state index contributed by atoms with van der Waals surface area (Å²) >= 11 is 3.18. The molecule has 6 nitrogen and oxygen atoms in total. The van der Waals surface area contributed by atoms with E-state index in [1.54, 1.807) is 12.1 Å². The first-order valence-corrected chi connectivity index (χ1v) is 7.16. The second kappa shape index (κ2) is 6.69. The zero-order valence-electron chi connectivity index (χ0n) is 11.8. The molecule has 0 spiro atoms. The summed E-state index contributed by atoms with van der Waals surface area (Å²) in [7, 11) is 1.44. The summed E-state index contributed by atoms with van der Waals surface area (Å²) in [5, 5.41) is 6.37. The van der Waals surface area contributed by atoms with E-state index in [-0.39, 0.29) is 11.4 Å². The van der Waals surface area contributed by atoms with E-state index in [0.717, 1.165) is 0 Å². The van der Waals surface area contributed by atoms with Crippen LogP contribution in [0.15, 0.2) is 34.9 Å². The highest BCUT2D eigenvalue weighted by molar-refractivity contribution is 9.10. The van der Waals surface area contributed by atoms with Gasteiger partial charge in [0.1, 0.15) is 11.5 Å². The molecular formula is C14H13BrFN3O3. The predicted molar refractivity (Wildman–Crippen MR) is 80.2 cm³/mol. The van der Waals surface area contributed by atoms with E-state index in [1.807, 2.05) is 0 Å². The van der Waals surface area contributed by atoms with Gasteiger partial charge in [-0.05, 0) is 35.0 Å². The molecule has 1 aromatic carbocycles. The van der Waals surface area contributed by atoms with Crippen molar-refractivity contribution in [2.45, 2.75) is 13.0 Å². The molecule has 1 N–H and O–H groups in total. The van der Waals surface area contributed by atoms with Crippen LogP contribution in [0.4, 0.5) is 4.39 Å². The third-order valence-corrected chi connectivity index (χ3v) is 3.44. The van der Waals surface area contributed by atoms with Gasteiger partial charge in [-0.2, -0.15) is 5.10 Å². The van der Waals surface area contributed by atoms with E-state index < -0.39 is 23.8 Å². The van der Waals surface area contributed by atoms with Crippen molar-refractivity contribution in [1.29, 1.82) is 0 Å². The SMILES string of the molecule is CNC(=O)C(C)OC(=O)c1nn(-c2ccccc2F)cc1Br. The van der Waals surface area contributed by atoms with E-state index in [1.165, 1.54) is 37.0 Å². The lowest BCUT2D eigenvalue weighted by Crippen LogP contribution is -2.33. The summed E-state index contributed by atoms with van der Waals surface area (Å²) < 4.78 is 20.3. The molecule has 0 aliphatic heterocycles. The Balaban J connectivity index is 2.25. The van der Waals surface area contributed by atoms with Gasteiger partial charge in [0.15, 0.2) is 11.8 Å². The lowest BCUT2D eigenvalue weighted by molar-refractivity contribution is -0.128. The second-order valence-corrected chi connectivity index (χ2v) is 5.24. The smallest absolute Gasteiger partial charge is 0.360 e. The third-order valence-electron chi connectivity index (χ3n) is 2.86. The lowest BCUT2D eigenvalue weighted by Gasteiger charge is -2.10. The number of nitrogens with one attached hydrogen (secondary N) is 1. The molecule has 1 aromatic heterocycles. The Morgan fingerprint density at radius 2 is 2.09 bits per heavy atom. The monoisotopic (exact) mass is 369 g/mol. The fourth-order valence-corrected chi connectivity index (χ4v) is 2.16. The highest BCUT2D eigenvalue weighted by Crippen LogP contribution is 2.20. The van der Waals surface area contributed by atoms with Gasteiger partial charge in [-0.15, -0.1) is 0 Å². The summed E-state index contributed by atoms with van der Waals surface area (Å²) in [4.78, 5) is 23.4. The number of carbonyl (C=O) groups excluding carboxylic acids is 2. The first-order chi connectivity index (χ1) is 10.4. The largest absolute Gasteiger partial charge is 0.448 e. The van der Waals surface area contributed by atoms with Crippen molar-refractivity contribution in [3.8, 4) is 5.69 Å². The molecule has 0 saturated heterocycles. The normalized spacial score (nSPS) is 11.8. The number of hydrogen-bond donors (Lipinski definition) is 1. The summed E-state index contributed by atoms with van der Waals surface area (Å²) in [6.07, 6.45) is 0.488. The van der Waals surface area contributed by atoms with Gasteiger partial charge in [0, 0.05) is 13.2 Å². The van der Waals surface area contributed by atoms with Crippen molar-refractivity contribution in [1.82, 2.24) is 15.1 Å². The maximum atomic E-state index is 13.7. The van der Waals surface area contributed by atoms with Crippen molar-refractivity contribution >= 4 is 27.8 Å². The number of para-hydroxylation sites is 1. The number of carbonyl (C=O) groups is 2. The van der Waals surface area contributed by atoms with Gasteiger partial charge in [0.25, 0.3) is 5.91 Å². The Morgan fingerprint density at radius 1 is 1.41 bits per heavy atom. The Morgan fingerprint density at radius 3 is 2.73 bits per heavy atom. The van der Waals surface area contributed by atoms with Crippen LogP contribution in [0.1, 0.15) is 17.4 Å². The molecule has 2 aromatic rings. The number of benzene rings is 1. The lowest BCUT2D eigenvalue weighted by atomic mass is 10.3. The molecule has 0 bridgehead atoms. The minimum Gasteiger partial charge on any atom is -0.448 e. The van der Waals surface area contributed by atoms with Gasteiger partial charge >= 0.3 is 5.97 Å². The van der Waals surface area contributed by atoms with Crippen LogP contribution in [0.2, 0.25) is 0 Å². The van der Waals surface area contributed by atoms with Crippen molar-refractivity contribution in [2.75, 3.05) is 7.05 Å². The van der Waals surface area contributed by atoms with Crippen molar-refractivity contribution in [3.05, 3.63) is 46.4 Å². The minimum absolute atomic E-state index is 0.0426. The molecule has 0 radical (unpaired) electrons. The number of hydrogen-bond acceptors (Lipinski definition) is 4. The highest BCUT2D eigenvalue weighted by Gasteiger charge is 2.23. The summed E-state index contributed by atoms with van der Waals surface area (Å²) in [6.45, 7) is 1.44. The average Bonchev–Trinajstić information content (AvgIpc) is 2.88. The molecule has 0 aliphatic rings. The molecule has 0 fully saturated rings. The first kappa shape index (κ1) is 16.2. The summed E-state index contributed by atoms with van der Waals surface area (Å²) in [6, 6.07) is 6.02. The number of nitrogens with zero attached hydrogens (tertiary/aromatic N) is 2. The number of ether oxygens (including phenoxy) is 1. The number of rotatable bonds is 4.